The molecule has 1 aliphatic carbocycles. The summed E-state index contributed by atoms with van der Waals surface area (Å²) in [4.78, 5) is 52.4. The normalized spacial score (nSPS) is 26.5. The molecular formula is C30H21Cl2FN4O5. The average molecular weight is 607 g/mol. The van der Waals surface area contributed by atoms with Crippen molar-refractivity contribution >= 4 is 40.7 Å². The van der Waals surface area contributed by atoms with Crippen LogP contribution in [0.4, 0.5) is 10.1 Å². The number of carbonyl (C=O) groups is 2. The van der Waals surface area contributed by atoms with Gasteiger partial charge in [-0.1, -0.05) is 36.4 Å². The van der Waals surface area contributed by atoms with Gasteiger partial charge in [0.1, 0.15) is 11.6 Å². The number of hydrogen-bond acceptors (Lipinski definition) is 5. The second kappa shape index (κ2) is 9.04. The van der Waals surface area contributed by atoms with E-state index >= 15 is 0 Å². The highest BCUT2D eigenvalue weighted by molar-refractivity contribution is 6.58. The third-order valence-corrected chi connectivity index (χ3v) is 9.79. The van der Waals surface area contributed by atoms with Crippen LogP contribution in [0.5, 0.6) is 5.75 Å². The number of aromatic hydroxyl groups is 1. The van der Waals surface area contributed by atoms with Crippen LogP contribution in [0.2, 0.25) is 0 Å². The zero-order valence-electron chi connectivity index (χ0n) is 21.7. The van der Waals surface area contributed by atoms with Crippen LogP contribution >= 0.6 is 23.2 Å². The van der Waals surface area contributed by atoms with Gasteiger partial charge in [0.2, 0.25) is 0 Å². The van der Waals surface area contributed by atoms with Crippen molar-refractivity contribution in [1.82, 2.24) is 13.9 Å². The molecule has 1 N–H and O–H groups in total. The summed E-state index contributed by atoms with van der Waals surface area (Å²) in [5, 5.41) is 10.4. The Bertz CT molecular complexity index is 1950. The van der Waals surface area contributed by atoms with Crippen LogP contribution in [0.3, 0.4) is 0 Å². The fourth-order valence-corrected chi connectivity index (χ4v) is 7.45. The van der Waals surface area contributed by atoms with Crippen molar-refractivity contribution in [2.45, 2.75) is 34.7 Å². The third-order valence-electron chi connectivity index (χ3n) is 8.38. The molecular weight excluding hydrogens is 586 g/mol. The van der Waals surface area contributed by atoms with Crippen LogP contribution in [0.25, 0.3) is 5.69 Å². The number of phenols is 1. The Morgan fingerprint density at radius 3 is 2.24 bits per heavy atom. The predicted octanol–water partition coefficient (Wildman–Crippen LogP) is 3.84. The summed E-state index contributed by atoms with van der Waals surface area (Å²) in [7, 11) is 0. The van der Waals surface area contributed by atoms with E-state index in [1.807, 2.05) is 0 Å². The molecule has 212 valence electrons. The zero-order chi connectivity index (χ0) is 29.6. The number of imide groups is 1. The molecule has 12 heteroatoms. The first-order valence-corrected chi connectivity index (χ1v) is 13.8. The molecule has 3 heterocycles. The summed E-state index contributed by atoms with van der Waals surface area (Å²) in [5.74, 6) is -3.41. The van der Waals surface area contributed by atoms with Gasteiger partial charge < -0.3 is 5.11 Å². The maximum atomic E-state index is 14.2. The summed E-state index contributed by atoms with van der Waals surface area (Å²) in [5.41, 5.74) is 0.109. The lowest BCUT2D eigenvalue weighted by molar-refractivity contribution is -0.122. The minimum absolute atomic E-state index is 0.0128. The van der Waals surface area contributed by atoms with E-state index in [-0.39, 0.29) is 24.4 Å². The Morgan fingerprint density at radius 2 is 1.55 bits per heavy atom. The quantitative estimate of drug-likeness (QED) is 0.217. The molecule has 1 saturated carbocycles. The van der Waals surface area contributed by atoms with E-state index in [2.05, 4.69) is 0 Å². The molecule has 2 aliphatic heterocycles. The van der Waals surface area contributed by atoms with E-state index in [0.717, 1.165) is 21.6 Å². The Labute approximate surface area is 247 Å². The smallest absolute Gasteiger partial charge is 0.352 e. The highest BCUT2D eigenvalue weighted by atomic mass is 35.5. The topological polar surface area (TPSA) is 107 Å². The van der Waals surface area contributed by atoms with Crippen molar-refractivity contribution in [1.29, 1.82) is 0 Å². The van der Waals surface area contributed by atoms with E-state index in [1.165, 1.54) is 33.6 Å². The molecule has 2 amide bonds. The third kappa shape index (κ3) is 3.36. The lowest BCUT2D eigenvalue weighted by atomic mass is 9.64. The van der Waals surface area contributed by atoms with Gasteiger partial charge in [-0.05, 0) is 59.7 Å². The summed E-state index contributed by atoms with van der Waals surface area (Å²) in [6.45, 7) is -0.0128. The van der Waals surface area contributed by atoms with Crippen LogP contribution in [0.1, 0.15) is 23.9 Å². The number of phenolic OH excluding ortho intramolecular Hbond substituents is 1. The fourth-order valence-electron chi connectivity index (χ4n) is 6.54. The predicted molar refractivity (Wildman–Crippen MR) is 153 cm³/mol. The standard InChI is InChI=1S/C30H21Cl2FN4O5/c31-29-16-23-22(13-14-34-27(41)36(28(42)37(23)34)19-6-2-1-3-7-19)24(17-5-4-8-21(38)15-17)30(29,32)26(40)35(25(29)39)20-11-9-18(33)10-12-20/h1-13,15,23-24,38H,14,16H2. The summed E-state index contributed by atoms with van der Waals surface area (Å²) in [6, 6.07) is 18.4. The number of para-hydroxylation sites is 1. The van der Waals surface area contributed by atoms with Gasteiger partial charge in [-0.3, -0.25) is 9.59 Å². The minimum Gasteiger partial charge on any atom is -0.508 e. The molecule has 4 unspecified atom stereocenters. The summed E-state index contributed by atoms with van der Waals surface area (Å²) >= 11 is 14.5. The molecule has 4 aromatic rings. The van der Waals surface area contributed by atoms with Gasteiger partial charge in [-0.25, -0.2) is 32.8 Å². The SMILES string of the molecule is O=C1N(c2ccc(F)cc2)C(=O)C2(Cl)C(c3cccc(O)c3)C3=CCn4c(=O)n(-c5ccccc5)c(=O)n4C3CC12Cl. The maximum Gasteiger partial charge on any atom is 0.352 e. The van der Waals surface area contributed by atoms with Gasteiger partial charge in [-0.2, -0.15) is 0 Å². The van der Waals surface area contributed by atoms with E-state index < -0.39 is 50.7 Å². The van der Waals surface area contributed by atoms with Gasteiger partial charge >= 0.3 is 11.4 Å². The number of alkyl halides is 2. The minimum atomic E-state index is -2.09. The van der Waals surface area contributed by atoms with Crippen molar-refractivity contribution in [2.75, 3.05) is 4.90 Å². The van der Waals surface area contributed by atoms with Crippen LogP contribution in [-0.4, -0.2) is 40.6 Å². The number of benzene rings is 3. The summed E-state index contributed by atoms with van der Waals surface area (Å²) in [6.07, 6.45) is 1.42. The molecule has 0 bridgehead atoms. The number of halogens is 3. The number of allylic oxidation sites excluding steroid dienone is 2. The Morgan fingerprint density at radius 1 is 0.833 bits per heavy atom. The number of anilines is 1. The monoisotopic (exact) mass is 606 g/mol. The van der Waals surface area contributed by atoms with Gasteiger partial charge in [0, 0.05) is 12.3 Å². The molecule has 1 aromatic heterocycles. The average Bonchev–Trinajstić information content (AvgIpc) is 3.32. The first-order chi connectivity index (χ1) is 20.1. The number of aromatic nitrogens is 3. The second-order valence-corrected chi connectivity index (χ2v) is 11.8. The van der Waals surface area contributed by atoms with E-state index in [0.29, 0.717) is 16.8 Å². The lowest BCUT2D eigenvalue weighted by Gasteiger charge is -2.49. The highest BCUT2D eigenvalue weighted by Gasteiger charge is 2.75. The number of rotatable bonds is 3. The van der Waals surface area contributed by atoms with Crippen molar-refractivity contribution in [3.05, 3.63) is 123 Å². The molecule has 0 radical (unpaired) electrons. The molecule has 9 nitrogen and oxygen atoms in total. The lowest BCUT2D eigenvalue weighted by Crippen LogP contribution is -2.59. The maximum absolute atomic E-state index is 14.2. The van der Waals surface area contributed by atoms with Crippen LogP contribution in [0, 0.1) is 5.82 Å². The number of fused-ring (bicyclic) bond motifs is 4. The van der Waals surface area contributed by atoms with Gasteiger partial charge in [0.05, 0.1) is 24.0 Å². The van der Waals surface area contributed by atoms with Crippen LogP contribution in [-0.2, 0) is 16.1 Å². The number of amides is 2. The number of hydrogen-bond donors (Lipinski definition) is 1. The van der Waals surface area contributed by atoms with Gasteiger partial charge in [-0.15, -0.1) is 23.2 Å². The van der Waals surface area contributed by atoms with Crippen molar-refractivity contribution in [3.8, 4) is 11.4 Å². The molecule has 42 heavy (non-hydrogen) atoms. The molecule has 3 aromatic carbocycles. The number of nitrogens with zero attached hydrogens (tertiary/aromatic N) is 4. The van der Waals surface area contributed by atoms with Crippen molar-refractivity contribution < 1.29 is 19.1 Å². The molecule has 2 fully saturated rings. The van der Waals surface area contributed by atoms with Crippen molar-refractivity contribution in [3.63, 3.8) is 0 Å². The van der Waals surface area contributed by atoms with E-state index in [4.69, 9.17) is 23.2 Å². The first kappa shape index (κ1) is 26.5. The Balaban J connectivity index is 1.47. The molecule has 1 saturated heterocycles. The molecule has 3 aliphatic rings. The summed E-state index contributed by atoms with van der Waals surface area (Å²) < 4.78 is 17.3. The van der Waals surface area contributed by atoms with Crippen LogP contribution < -0.4 is 16.3 Å². The zero-order valence-corrected chi connectivity index (χ0v) is 23.2. The first-order valence-electron chi connectivity index (χ1n) is 13.1. The van der Waals surface area contributed by atoms with E-state index in [1.54, 1.807) is 48.5 Å². The molecule has 7 rings (SSSR count). The Hall–Kier alpha value is -4.41. The van der Waals surface area contributed by atoms with Crippen LogP contribution in [0.15, 0.2) is 100 Å². The van der Waals surface area contributed by atoms with Crippen molar-refractivity contribution in [2.24, 2.45) is 0 Å². The van der Waals surface area contributed by atoms with Gasteiger partial charge in [0.25, 0.3) is 11.8 Å². The molecule has 4 atom stereocenters. The number of carbonyl (C=O) groups excluding carboxylic acids is 2. The van der Waals surface area contributed by atoms with Gasteiger partial charge in [0.15, 0.2) is 9.75 Å². The highest BCUT2D eigenvalue weighted by Crippen LogP contribution is 2.63. The largest absolute Gasteiger partial charge is 0.508 e. The fraction of sp³-hybridized carbons (Fsp3) is 0.200. The second-order valence-electron chi connectivity index (χ2n) is 10.5. The van der Waals surface area contributed by atoms with E-state index in [9.17, 15) is 28.7 Å². The molecule has 0 spiro atoms. The Kier molecular flexibility index (Phi) is 5.70.